The van der Waals surface area contributed by atoms with Crippen LogP contribution in [0.5, 0.6) is 11.5 Å². The molecule has 4 aromatic rings. The number of hydrogen-bond donors (Lipinski definition) is 4. The minimum absolute atomic E-state index is 0.0485. The van der Waals surface area contributed by atoms with Crippen molar-refractivity contribution in [3.05, 3.63) is 58.8 Å². The zero-order valence-electron chi connectivity index (χ0n) is 34.8. The number of methoxy groups -OCH3 is 1. The molecule has 1 unspecified atom stereocenters. The lowest BCUT2D eigenvalue weighted by Crippen LogP contribution is -2.59. The van der Waals surface area contributed by atoms with E-state index in [1.807, 2.05) is 42.7 Å². The Morgan fingerprint density at radius 3 is 2.61 bits per heavy atom. The summed E-state index contributed by atoms with van der Waals surface area (Å²) < 4.78 is 46.1. The molecule has 5 heterocycles. The topological polar surface area (TPSA) is 228 Å². The zero-order chi connectivity index (χ0) is 43.2. The van der Waals surface area contributed by atoms with E-state index >= 15 is 0 Å². The molecule has 1 aromatic carbocycles. The predicted octanol–water partition coefficient (Wildman–Crippen LogP) is 4.43. The minimum Gasteiger partial charge on any atom is -0.496 e. The van der Waals surface area contributed by atoms with Crippen LogP contribution in [0.25, 0.3) is 21.6 Å². The maximum absolute atomic E-state index is 14.7. The number of allylic oxidation sites excluding steroid dienone is 1. The van der Waals surface area contributed by atoms with Crippen LogP contribution in [0.15, 0.2) is 40.1 Å². The maximum atomic E-state index is 14.7. The molecule has 4 N–H and O–H groups in total. The summed E-state index contributed by atoms with van der Waals surface area (Å²) in [6, 6.07) is 3.60. The van der Waals surface area contributed by atoms with Crippen molar-refractivity contribution in [2.24, 2.45) is 5.92 Å². The van der Waals surface area contributed by atoms with E-state index in [1.165, 1.54) is 11.3 Å². The van der Waals surface area contributed by atoms with Gasteiger partial charge in [-0.3, -0.25) is 24.0 Å². The highest BCUT2D eigenvalue weighted by Crippen LogP contribution is 2.46. The van der Waals surface area contributed by atoms with Crippen molar-refractivity contribution in [1.29, 1.82) is 0 Å². The predicted molar refractivity (Wildman–Crippen MR) is 225 cm³/mol. The number of aliphatic hydroxyl groups is 1. The van der Waals surface area contributed by atoms with Crippen LogP contribution in [0.1, 0.15) is 105 Å². The number of pyridine rings is 1. The molecule has 3 fully saturated rings. The van der Waals surface area contributed by atoms with E-state index in [0.717, 1.165) is 24.1 Å². The highest BCUT2D eigenvalue weighted by atomic mass is 32.2. The lowest BCUT2D eigenvalue weighted by atomic mass is 10.0. The van der Waals surface area contributed by atoms with Gasteiger partial charge in [0.1, 0.15) is 40.1 Å². The lowest BCUT2D eigenvalue weighted by Gasteiger charge is -2.34. The molecule has 326 valence electrons. The third-order valence-electron chi connectivity index (χ3n) is 12.1. The number of aliphatic hydroxyl groups excluding tert-OH is 1. The number of amides is 3. The Kier molecular flexibility index (Phi) is 11.9. The van der Waals surface area contributed by atoms with Gasteiger partial charge >= 0.3 is 11.8 Å². The number of nitrogens with one attached hydrogen (secondary N) is 3. The van der Waals surface area contributed by atoms with Crippen LogP contribution < -0.4 is 24.8 Å². The Balaban J connectivity index is 1.15. The number of rotatable bonds is 10. The summed E-state index contributed by atoms with van der Waals surface area (Å²) in [6.45, 7) is 7.68. The Hall–Kier alpha value is -4.98. The molecule has 6 atom stereocenters. The van der Waals surface area contributed by atoms with Crippen molar-refractivity contribution >= 4 is 50.0 Å². The molecule has 0 bridgehead atoms. The van der Waals surface area contributed by atoms with E-state index < -0.39 is 68.9 Å². The number of fused-ring (bicyclic) bond motifs is 3. The fourth-order valence-electron chi connectivity index (χ4n) is 8.29. The molecule has 1 saturated heterocycles. The Labute approximate surface area is 358 Å². The van der Waals surface area contributed by atoms with E-state index in [9.17, 15) is 27.9 Å². The zero-order valence-corrected chi connectivity index (χ0v) is 36.5. The summed E-state index contributed by atoms with van der Waals surface area (Å²) in [5.74, 6) is -1.18. The third-order valence-corrected chi connectivity index (χ3v) is 14.8. The van der Waals surface area contributed by atoms with Gasteiger partial charge in [0.2, 0.25) is 21.8 Å². The molecule has 8 rings (SSSR count). The number of thiazole rings is 1. The van der Waals surface area contributed by atoms with E-state index in [2.05, 4.69) is 39.4 Å². The molecule has 3 amide bonds. The number of carbonyl (C=O) groups is 3. The second-order valence-electron chi connectivity index (χ2n) is 16.8. The van der Waals surface area contributed by atoms with Crippen LogP contribution >= 0.6 is 11.3 Å². The van der Waals surface area contributed by atoms with Crippen molar-refractivity contribution in [3.8, 4) is 22.2 Å². The average Bonchev–Trinajstić information content (AvgIpc) is 4.01. The van der Waals surface area contributed by atoms with Gasteiger partial charge in [-0.05, 0) is 63.5 Å². The number of sulfonamides is 1. The molecular weight excluding hydrogens is 825 g/mol. The van der Waals surface area contributed by atoms with Crippen molar-refractivity contribution < 1.29 is 41.8 Å². The second kappa shape index (κ2) is 17.1. The SMILES string of the molecule is COc1ccc2c(O[C@@H]3C[C@H]4C(=O)N[C@]5(C(=O)NS(=O)(=O)C6CC6)C[C@H]5/C=C\CCCCC[C@H](NC(=O)c5nnc(C)o5)C(O)N4C3)cc(-c3nc(C(C)C)cs3)nc2c1C. The first-order valence-electron chi connectivity index (χ1n) is 20.9. The monoisotopic (exact) mass is 876 g/mol. The van der Waals surface area contributed by atoms with Gasteiger partial charge in [0.15, 0.2) is 0 Å². The van der Waals surface area contributed by atoms with Gasteiger partial charge in [-0.1, -0.05) is 38.8 Å². The van der Waals surface area contributed by atoms with Crippen molar-refractivity contribution in [2.45, 2.75) is 127 Å². The number of benzene rings is 1. The molecule has 2 aliphatic heterocycles. The van der Waals surface area contributed by atoms with E-state index in [4.69, 9.17) is 23.9 Å². The van der Waals surface area contributed by atoms with E-state index in [1.54, 1.807) is 18.9 Å². The summed E-state index contributed by atoms with van der Waals surface area (Å²) in [5, 5.41) is 28.5. The first-order valence-corrected chi connectivity index (χ1v) is 23.3. The van der Waals surface area contributed by atoms with Gasteiger partial charge in [-0.25, -0.2) is 18.4 Å². The molecule has 0 radical (unpaired) electrons. The maximum Gasteiger partial charge on any atom is 0.309 e. The minimum atomic E-state index is -3.91. The van der Waals surface area contributed by atoms with E-state index in [-0.39, 0.29) is 37.1 Å². The largest absolute Gasteiger partial charge is 0.496 e. The van der Waals surface area contributed by atoms with Gasteiger partial charge in [-0.15, -0.1) is 21.5 Å². The summed E-state index contributed by atoms with van der Waals surface area (Å²) in [4.78, 5) is 53.4. The third kappa shape index (κ3) is 8.87. The number of aryl methyl sites for hydroxylation is 2. The van der Waals surface area contributed by atoms with E-state index in [0.29, 0.717) is 65.2 Å². The normalized spacial score (nSPS) is 26.7. The molecular formula is C42H52N8O9S2. The first-order chi connectivity index (χ1) is 29.2. The number of nitrogens with zero attached hydrogens (tertiary/aromatic N) is 5. The lowest BCUT2D eigenvalue weighted by molar-refractivity contribution is -0.135. The number of carbonyl (C=O) groups excluding carboxylic acids is 3. The number of hydrogen-bond acceptors (Lipinski definition) is 15. The van der Waals surface area contributed by atoms with Gasteiger partial charge in [0.25, 0.3) is 5.91 Å². The van der Waals surface area contributed by atoms with Crippen molar-refractivity contribution in [3.63, 3.8) is 0 Å². The summed E-state index contributed by atoms with van der Waals surface area (Å²) >= 11 is 1.48. The fourth-order valence-corrected chi connectivity index (χ4v) is 10.6. The molecule has 19 heteroatoms. The van der Waals surface area contributed by atoms with Crippen LogP contribution in [0, 0.1) is 19.8 Å². The van der Waals surface area contributed by atoms with Gasteiger partial charge in [-0.2, -0.15) is 0 Å². The first kappa shape index (κ1) is 42.7. The summed E-state index contributed by atoms with van der Waals surface area (Å²) in [5.41, 5.74) is 1.48. The number of aromatic nitrogens is 4. The van der Waals surface area contributed by atoms with Gasteiger partial charge in [0, 0.05) is 48.2 Å². The second-order valence-corrected chi connectivity index (χ2v) is 19.7. The average molecular weight is 877 g/mol. The highest BCUT2D eigenvalue weighted by Gasteiger charge is 2.62. The molecule has 3 aromatic heterocycles. The van der Waals surface area contributed by atoms with Crippen LogP contribution in [-0.2, 0) is 19.6 Å². The van der Waals surface area contributed by atoms with Crippen molar-refractivity contribution in [2.75, 3.05) is 13.7 Å². The van der Waals surface area contributed by atoms with Crippen molar-refractivity contribution in [1.82, 2.24) is 40.4 Å². The number of ether oxygens (including phenoxy) is 2. The standard InChI is InChI=1S/C42H52N8O9S2/c1-22(2)31-21-60-39(45-31)30-18-34(28-15-16-33(57-5)23(3)35(28)43-30)59-26-17-32-36(51)46-42(41(54)49-61(55,56)27-13-14-27)19-25(42)11-9-7-6-8-10-12-29(40(53)50(32)20-26)44-37(52)38-48-47-24(4)58-38/h9,11,15-16,18,21-22,25-27,29,32,40,53H,6-8,10,12-14,17,19-20H2,1-5H3,(H,44,52)(H,46,51)(H,49,54)/b11-9-/t25-,26-,29+,32+,40?,42-/m1/s1. The molecule has 61 heavy (non-hydrogen) atoms. The van der Waals surface area contributed by atoms with Gasteiger partial charge < -0.3 is 29.6 Å². The highest BCUT2D eigenvalue weighted by molar-refractivity contribution is 7.91. The summed E-state index contributed by atoms with van der Waals surface area (Å²) in [6.07, 6.45) is 6.22. The molecule has 0 spiro atoms. The summed E-state index contributed by atoms with van der Waals surface area (Å²) in [7, 11) is -2.32. The molecule has 2 saturated carbocycles. The van der Waals surface area contributed by atoms with Crippen LogP contribution in [0.2, 0.25) is 0 Å². The van der Waals surface area contributed by atoms with Crippen LogP contribution in [0.4, 0.5) is 0 Å². The quantitative estimate of drug-likeness (QED) is 0.162. The van der Waals surface area contributed by atoms with Gasteiger partial charge in [0.05, 0.1) is 35.7 Å². The molecule has 17 nitrogen and oxygen atoms in total. The van der Waals surface area contributed by atoms with Crippen LogP contribution in [0.3, 0.4) is 0 Å². The Bertz CT molecular complexity index is 2470. The fraction of sp³-hybridized carbons (Fsp3) is 0.548. The molecule has 4 aliphatic rings. The molecule has 2 aliphatic carbocycles. The Morgan fingerprint density at radius 2 is 1.90 bits per heavy atom. The Morgan fingerprint density at radius 1 is 1.10 bits per heavy atom. The van der Waals surface area contributed by atoms with Crippen LogP contribution in [-0.4, -0.2) is 105 Å². The smallest absolute Gasteiger partial charge is 0.309 e.